The molecule has 2 aliphatic rings. The smallest absolute Gasteiger partial charge is 0.231 e. The van der Waals surface area contributed by atoms with Gasteiger partial charge < -0.3 is 20.1 Å². The maximum Gasteiger partial charge on any atom is 0.231 e. The molecule has 9 heteroatoms. The Morgan fingerprint density at radius 3 is 2.96 bits per heavy atom. The van der Waals surface area contributed by atoms with E-state index >= 15 is 0 Å². The number of thiazole rings is 1. The van der Waals surface area contributed by atoms with Gasteiger partial charge in [0.15, 0.2) is 11.5 Å². The van der Waals surface area contributed by atoms with E-state index in [0.29, 0.717) is 12.3 Å². The van der Waals surface area contributed by atoms with Gasteiger partial charge in [0.25, 0.3) is 0 Å². The van der Waals surface area contributed by atoms with E-state index in [1.54, 1.807) is 0 Å². The average molecular weight is 432 g/mol. The molecule has 0 bridgehead atoms. The second-order valence-corrected chi connectivity index (χ2v) is 7.39. The van der Waals surface area contributed by atoms with Crippen LogP contribution in [-0.4, -0.2) is 36.8 Å². The minimum Gasteiger partial charge on any atom is -0.454 e. The molecule has 1 aromatic carbocycles. The van der Waals surface area contributed by atoms with Crippen LogP contribution in [0.3, 0.4) is 0 Å². The number of ether oxygens (including phenoxy) is 2. The van der Waals surface area contributed by atoms with Crippen LogP contribution in [0.4, 0.5) is 0 Å². The van der Waals surface area contributed by atoms with Gasteiger partial charge >= 0.3 is 0 Å². The third kappa shape index (κ3) is 5.04. The summed E-state index contributed by atoms with van der Waals surface area (Å²) in [5, 5.41) is 9.33. The summed E-state index contributed by atoms with van der Waals surface area (Å²) < 4.78 is 10.7. The fourth-order valence-electron chi connectivity index (χ4n) is 3.20. The summed E-state index contributed by atoms with van der Waals surface area (Å²) in [5.41, 5.74) is 1.78. The first kappa shape index (κ1) is 21.8. The van der Waals surface area contributed by atoms with Crippen LogP contribution in [0.15, 0.2) is 23.6 Å². The molecule has 1 aromatic heterocycles. The molecule has 2 aliphatic heterocycles. The van der Waals surface area contributed by atoms with Gasteiger partial charge in [0.05, 0.1) is 12.1 Å². The Hall–Kier alpha value is -1.54. The van der Waals surface area contributed by atoms with Gasteiger partial charge in [-0.2, -0.15) is 0 Å². The number of halogens is 2. The van der Waals surface area contributed by atoms with Gasteiger partial charge in [-0.3, -0.25) is 4.79 Å². The lowest BCUT2D eigenvalue weighted by molar-refractivity contribution is -0.121. The molecular formula is C18H23Cl2N3O3S. The van der Waals surface area contributed by atoms with E-state index in [1.807, 2.05) is 23.6 Å². The molecule has 148 valence electrons. The van der Waals surface area contributed by atoms with E-state index in [-0.39, 0.29) is 43.6 Å². The zero-order valence-corrected chi connectivity index (χ0v) is 17.3. The summed E-state index contributed by atoms with van der Waals surface area (Å²) in [5.74, 6) is 2.00. The van der Waals surface area contributed by atoms with Crippen LogP contribution < -0.4 is 20.1 Å². The summed E-state index contributed by atoms with van der Waals surface area (Å²) >= 11 is 1.54. The highest BCUT2D eigenvalue weighted by atomic mass is 35.5. The first-order valence-electron chi connectivity index (χ1n) is 8.53. The summed E-state index contributed by atoms with van der Waals surface area (Å²) in [6.07, 6.45) is 1.30. The molecule has 3 heterocycles. The molecule has 1 fully saturated rings. The molecular weight excluding hydrogens is 409 g/mol. The number of fused-ring (bicyclic) bond motifs is 1. The monoisotopic (exact) mass is 431 g/mol. The van der Waals surface area contributed by atoms with Crippen LogP contribution in [0.2, 0.25) is 0 Å². The predicted molar refractivity (Wildman–Crippen MR) is 110 cm³/mol. The second-order valence-electron chi connectivity index (χ2n) is 6.53. The largest absolute Gasteiger partial charge is 0.454 e. The molecule has 0 aliphatic carbocycles. The van der Waals surface area contributed by atoms with Gasteiger partial charge in [-0.25, -0.2) is 4.98 Å². The standard InChI is InChI=1S/C18H21N3O3S.2ClH/c1-11-8-19-5-4-14(11)21-17(22)7-13-9-25-18(20-13)12-2-3-15-16(6-12)24-10-23-15;;/h2-3,6,9,11,14,19H,4-5,7-8,10H2,1H3,(H,21,22);2*1H. The second kappa shape index (κ2) is 9.59. The van der Waals surface area contributed by atoms with Crippen molar-refractivity contribution in [3.8, 4) is 22.1 Å². The van der Waals surface area contributed by atoms with Crippen LogP contribution in [0.25, 0.3) is 10.6 Å². The Morgan fingerprint density at radius 2 is 2.15 bits per heavy atom. The fourth-order valence-corrected chi connectivity index (χ4v) is 4.02. The molecule has 4 rings (SSSR count). The normalized spacial score (nSPS) is 20.3. The van der Waals surface area contributed by atoms with Gasteiger partial charge in [0.1, 0.15) is 5.01 Å². The van der Waals surface area contributed by atoms with Gasteiger partial charge in [0, 0.05) is 17.0 Å². The number of benzene rings is 1. The van der Waals surface area contributed by atoms with E-state index in [0.717, 1.165) is 47.3 Å². The Balaban J connectivity index is 0.00000131. The fraction of sp³-hybridized carbons (Fsp3) is 0.444. The van der Waals surface area contributed by atoms with E-state index in [1.165, 1.54) is 11.3 Å². The summed E-state index contributed by atoms with van der Waals surface area (Å²) in [6, 6.07) is 6.04. The molecule has 0 saturated carbocycles. The number of aromatic nitrogens is 1. The lowest BCUT2D eigenvalue weighted by Gasteiger charge is -2.30. The summed E-state index contributed by atoms with van der Waals surface area (Å²) in [4.78, 5) is 16.9. The predicted octanol–water partition coefficient (Wildman–Crippen LogP) is 3.04. The maximum absolute atomic E-state index is 12.3. The molecule has 2 aromatic rings. The third-order valence-corrected chi connectivity index (χ3v) is 5.58. The van der Waals surface area contributed by atoms with Crippen molar-refractivity contribution < 1.29 is 14.3 Å². The van der Waals surface area contributed by atoms with Crippen molar-refractivity contribution in [2.45, 2.75) is 25.8 Å². The van der Waals surface area contributed by atoms with Gasteiger partial charge in [-0.05, 0) is 43.6 Å². The number of hydrogen-bond donors (Lipinski definition) is 2. The number of piperidine rings is 1. The number of amides is 1. The Kier molecular flexibility index (Phi) is 7.73. The quantitative estimate of drug-likeness (QED) is 0.777. The number of carbonyl (C=O) groups excluding carboxylic acids is 1. The van der Waals surface area contributed by atoms with Gasteiger partial charge in [-0.1, -0.05) is 6.92 Å². The van der Waals surface area contributed by atoms with Crippen molar-refractivity contribution in [1.82, 2.24) is 15.6 Å². The zero-order chi connectivity index (χ0) is 17.2. The van der Waals surface area contributed by atoms with Crippen LogP contribution >= 0.6 is 36.2 Å². The molecule has 6 nitrogen and oxygen atoms in total. The summed E-state index contributed by atoms with van der Waals surface area (Å²) in [6.45, 7) is 4.34. The molecule has 2 unspecified atom stereocenters. The Morgan fingerprint density at radius 1 is 1.33 bits per heavy atom. The number of nitrogens with one attached hydrogen (secondary N) is 2. The average Bonchev–Trinajstić information content (AvgIpc) is 3.25. The number of hydrogen-bond acceptors (Lipinski definition) is 6. The lowest BCUT2D eigenvalue weighted by Crippen LogP contribution is -2.48. The Labute approximate surface area is 174 Å². The topological polar surface area (TPSA) is 72.5 Å². The first-order chi connectivity index (χ1) is 12.2. The maximum atomic E-state index is 12.3. The molecule has 27 heavy (non-hydrogen) atoms. The van der Waals surface area contributed by atoms with Crippen molar-refractivity contribution in [2.75, 3.05) is 19.9 Å². The minimum atomic E-state index is 0. The van der Waals surface area contributed by atoms with Crippen molar-refractivity contribution in [3.05, 3.63) is 29.3 Å². The highest BCUT2D eigenvalue weighted by Gasteiger charge is 2.23. The summed E-state index contributed by atoms with van der Waals surface area (Å²) in [7, 11) is 0. The van der Waals surface area contributed by atoms with E-state index < -0.39 is 0 Å². The molecule has 2 N–H and O–H groups in total. The lowest BCUT2D eigenvalue weighted by atomic mass is 9.95. The van der Waals surface area contributed by atoms with E-state index in [2.05, 4.69) is 22.5 Å². The first-order valence-corrected chi connectivity index (χ1v) is 9.41. The van der Waals surface area contributed by atoms with Crippen molar-refractivity contribution in [2.24, 2.45) is 5.92 Å². The van der Waals surface area contributed by atoms with Crippen LogP contribution in [0.5, 0.6) is 11.5 Å². The van der Waals surface area contributed by atoms with Crippen molar-refractivity contribution in [1.29, 1.82) is 0 Å². The number of carbonyl (C=O) groups is 1. The number of nitrogens with zero attached hydrogens (tertiary/aromatic N) is 1. The molecule has 1 saturated heterocycles. The van der Waals surface area contributed by atoms with Gasteiger partial charge in [-0.15, -0.1) is 36.2 Å². The van der Waals surface area contributed by atoms with Crippen molar-refractivity contribution >= 4 is 42.1 Å². The van der Waals surface area contributed by atoms with Crippen LogP contribution in [-0.2, 0) is 11.2 Å². The van der Waals surface area contributed by atoms with E-state index in [9.17, 15) is 4.79 Å². The van der Waals surface area contributed by atoms with Crippen LogP contribution in [0, 0.1) is 5.92 Å². The Bertz CT molecular complexity index is 787. The minimum absolute atomic E-state index is 0. The van der Waals surface area contributed by atoms with Crippen molar-refractivity contribution in [3.63, 3.8) is 0 Å². The molecule has 0 spiro atoms. The third-order valence-electron chi connectivity index (χ3n) is 4.64. The highest BCUT2D eigenvalue weighted by Crippen LogP contribution is 2.36. The molecule has 1 amide bonds. The van der Waals surface area contributed by atoms with Gasteiger partial charge in [0.2, 0.25) is 12.7 Å². The number of rotatable bonds is 4. The van der Waals surface area contributed by atoms with Crippen LogP contribution in [0.1, 0.15) is 19.0 Å². The molecule has 0 radical (unpaired) electrons. The zero-order valence-electron chi connectivity index (χ0n) is 14.9. The van der Waals surface area contributed by atoms with E-state index in [4.69, 9.17) is 9.47 Å². The molecule has 2 atom stereocenters. The SMILES string of the molecule is CC1CNCCC1NC(=O)Cc1csc(-c2ccc3c(c2)OCO3)n1.Cl.Cl. The highest BCUT2D eigenvalue weighted by molar-refractivity contribution is 7.13.